The quantitative estimate of drug-likeness (QED) is 0.876. The van der Waals surface area contributed by atoms with Gasteiger partial charge in [0, 0.05) is 11.7 Å². The molecular formula is C15H23N3O. The van der Waals surface area contributed by atoms with Crippen molar-refractivity contribution in [3.8, 4) is 0 Å². The van der Waals surface area contributed by atoms with Crippen LogP contribution in [0.4, 0.5) is 5.69 Å². The normalized spacial score (nSPS) is 26.9. The number of nitrogen functional groups attached to an aromatic ring is 1. The highest BCUT2D eigenvalue weighted by Gasteiger charge is 2.24. The Morgan fingerprint density at radius 1 is 1.32 bits per heavy atom. The predicted molar refractivity (Wildman–Crippen MR) is 76.5 cm³/mol. The number of nitrogens with two attached hydrogens (primary N) is 1. The van der Waals surface area contributed by atoms with Crippen molar-refractivity contribution in [2.24, 2.45) is 11.8 Å². The molecule has 3 N–H and O–H groups in total. The first-order chi connectivity index (χ1) is 9.02. The molecule has 2 rings (SSSR count). The first kappa shape index (κ1) is 13.8. The minimum Gasteiger partial charge on any atom is -0.397 e. The molecule has 0 radical (unpaired) electrons. The molecule has 2 unspecified atom stereocenters. The molecule has 0 bridgehead atoms. The number of aromatic nitrogens is 1. The number of nitrogens with one attached hydrogen (secondary N) is 1. The van der Waals surface area contributed by atoms with Crippen molar-refractivity contribution in [3.05, 3.63) is 24.0 Å². The zero-order chi connectivity index (χ0) is 13.8. The van der Waals surface area contributed by atoms with Crippen LogP contribution in [0.1, 0.15) is 38.8 Å². The molecule has 1 heterocycles. The number of hydrogen-bond acceptors (Lipinski definition) is 3. The van der Waals surface area contributed by atoms with Gasteiger partial charge in [0.1, 0.15) is 0 Å². The average Bonchev–Trinajstić information content (AvgIpc) is 2.30. The summed E-state index contributed by atoms with van der Waals surface area (Å²) >= 11 is 0. The molecule has 1 aromatic rings. The molecule has 1 fully saturated rings. The van der Waals surface area contributed by atoms with Crippen LogP contribution in [-0.4, -0.2) is 16.9 Å². The molecule has 19 heavy (non-hydrogen) atoms. The van der Waals surface area contributed by atoms with Crippen molar-refractivity contribution in [3.63, 3.8) is 0 Å². The monoisotopic (exact) mass is 261 g/mol. The summed E-state index contributed by atoms with van der Waals surface area (Å²) in [7, 11) is 0. The summed E-state index contributed by atoms with van der Waals surface area (Å²) in [5.41, 5.74) is 6.97. The summed E-state index contributed by atoms with van der Waals surface area (Å²) in [6.45, 7) is 4.52. The molecule has 4 nitrogen and oxygen atoms in total. The number of pyridine rings is 1. The number of amides is 1. The Morgan fingerprint density at radius 3 is 2.58 bits per heavy atom. The third-order valence-electron chi connectivity index (χ3n) is 3.73. The summed E-state index contributed by atoms with van der Waals surface area (Å²) in [6, 6.07) is 3.90. The van der Waals surface area contributed by atoms with Gasteiger partial charge in [-0.15, -0.1) is 0 Å². The summed E-state index contributed by atoms with van der Waals surface area (Å²) in [5.74, 6) is 1.45. The van der Waals surface area contributed by atoms with Crippen LogP contribution in [0.3, 0.4) is 0 Å². The molecule has 4 heteroatoms. The van der Waals surface area contributed by atoms with Crippen molar-refractivity contribution in [1.82, 2.24) is 10.3 Å². The van der Waals surface area contributed by atoms with Gasteiger partial charge in [-0.2, -0.15) is 0 Å². The SMILES string of the molecule is CC1CC(C)CC(NC(=O)Cc2ccc(N)cn2)C1. The molecule has 1 aliphatic carbocycles. The van der Waals surface area contributed by atoms with E-state index in [1.807, 2.05) is 0 Å². The zero-order valence-corrected chi connectivity index (χ0v) is 11.7. The van der Waals surface area contributed by atoms with Gasteiger partial charge in [-0.3, -0.25) is 9.78 Å². The summed E-state index contributed by atoms with van der Waals surface area (Å²) < 4.78 is 0. The summed E-state index contributed by atoms with van der Waals surface area (Å²) in [6.07, 6.45) is 5.37. The molecular weight excluding hydrogens is 238 g/mol. The van der Waals surface area contributed by atoms with Gasteiger partial charge in [-0.25, -0.2) is 0 Å². The van der Waals surface area contributed by atoms with E-state index in [1.54, 1.807) is 18.3 Å². The molecule has 2 atom stereocenters. The fraction of sp³-hybridized carbons (Fsp3) is 0.600. The second-order valence-electron chi connectivity index (χ2n) is 5.94. The highest BCUT2D eigenvalue weighted by atomic mass is 16.1. The lowest BCUT2D eigenvalue weighted by molar-refractivity contribution is -0.121. The first-order valence-electron chi connectivity index (χ1n) is 7.02. The van der Waals surface area contributed by atoms with Crippen molar-refractivity contribution >= 4 is 11.6 Å². The molecule has 1 aromatic heterocycles. The average molecular weight is 261 g/mol. The van der Waals surface area contributed by atoms with Gasteiger partial charge < -0.3 is 11.1 Å². The van der Waals surface area contributed by atoms with E-state index in [2.05, 4.69) is 24.1 Å². The Morgan fingerprint density at radius 2 is 2.00 bits per heavy atom. The Hall–Kier alpha value is -1.58. The van der Waals surface area contributed by atoms with E-state index in [9.17, 15) is 4.79 Å². The highest BCUT2D eigenvalue weighted by molar-refractivity contribution is 5.78. The van der Waals surface area contributed by atoms with Gasteiger partial charge in [-0.05, 0) is 43.2 Å². The third-order valence-corrected chi connectivity index (χ3v) is 3.73. The van der Waals surface area contributed by atoms with Crippen LogP contribution in [0.15, 0.2) is 18.3 Å². The Labute approximate surface area is 114 Å². The topological polar surface area (TPSA) is 68.0 Å². The number of rotatable bonds is 3. The van der Waals surface area contributed by atoms with Crippen LogP contribution >= 0.6 is 0 Å². The zero-order valence-electron chi connectivity index (χ0n) is 11.7. The van der Waals surface area contributed by atoms with E-state index in [0.717, 1.165) is 18.5 Å². The second kappa shape index (κ2) is 6.04. The Bertz CT molecular complexity index is 420. The Kier molecular flexibility index (Phi) is 4.40. The van der Waals surface area contributed by atoms with Crippen LogP contribution in [0.25, 0.3) is 0 Å². The van der Waals surface area contributed by atoms with Crippen LogP contribution in [0.2, 0.25) is 0 Å². The summed E-state index contributed by atoms with van der Waals surface area (Å²) in [4.78, 5) is 16.2. The molecule has 1 saturated carbocycles. The van der Waals surface area contributed by atoms with Gasteiger partial charge in [0.05, 0.1) is 18.3 Å². The van der Waals surface area contributed by atoms with Gasteiger partial charge >= 0.3 is 0 Å². The lowest BCUT2D eigenvalue weighted by atomic mass is 9.80. The predicted octanol–water partition coefficient (Wildman–Crippen LogP) is 2.15. The first-order valence-corrected chi connectivity index (χ1v) is 7.02. The van der Waals surface area contributed by atoms with E-state index >= 15 is 0 Å². The number of nitrogens with zero attached hydrogens (tertiary/aromatic N) is 1. The van der Waals surface area contributed by atoms with Gasteiger partial charge in [0.2, 0.25) is 5.91 Å². The van der Waals surface area contributed by atoms with Crippen molar-refractivity contribution in [2.45, 2.75) is 45.6 Å². The van der Waals surface area contributed by atoms with Crippen LogP contribution in [-0.2, 0) is 11.2 Å². The maximum absolute atomic E-state index is 12.0. The highest BCUT2D eigenvalue weighted by Crippen LogP contribution is 2.28. The lowest BCUT2D eigenvalue weighted by Crippen LogP contribution is -2.40. The molecule has 104 valence electrons. The molecule has 0 aromatic carbocycles. The largest absolute Gasteiger partial charge is 0.397 e. The van der Waals surface area contributed by atoms with E-state index in [0.29, 0.717) is 30.0 Å². The van der Waals surface area contributed by atoms with E-state index in [1.165, 1.54) is 6.42 Å². The fourth-order valence-electron chi connectivity index (χ4n) is 3.05. The van der Waals surface area contributed by atoms with E-state index < -0.39 is 0 Å². The standard InChI is InChI=1S/C15H23N3O/c1-10-5-11(2)7-14(6-10)18-15(19)8-13-4-3-12(16)9-17-13/h3-4,9-11,14H,5-8,16H2,1-2H3,(H,18,19). The molecule has 1 amide bonds. The number of carbonyl (C=O) groups is 1. The van der Waals surface area contributed by atoms with Crippen molar-refractivity contribution in [2.75, 3.05) is 5.73 Å². The van der Waals surface area contributed by atoms with Crippen LogP contribution in [0, 0.1) is 11.8 Å². The van der Waals surface area contributed by atoms with Gasteiger partial charge in [0.25, 0.3) is 0 Å². The minimum absolute atomic E-state index is 0.0589. The second-order valence-corrected chi connectivity index (χ2v) is 5.94. The third kappa shape index (κ3) is 4.23. The van der Waals surface area contributed by atoms with E-state index in [4.69, 9.17) is 5.73 Å². The van der Waals surface area contributed by atoms with Crippen LogP contribution in [0.5, 0.6) is 0 Å². The maximum atomic E-state index is 12.0. The number of carbonyl (C=O) groups excluding carboxylic acids is 1. The maximum Gasteiger partial charge on any atom is 0.226 e. The minimum atomic E-state index is 0.0589. The smallest absolute Gasteiger partial charge is 0.226 e. The summed E-state index contributed by atoms with van der Waals surface area (Å²) in [5, 5.41) is 3.13. The van der Waals surface area contributed by atoms with Gasteiger partial charge in [-0.1, -0.05) is 13.8 Å². The lowest BCUT2D eigenvalue weighted by Gasteiger charge is -2.31. The van der Waals surface area contributed by atoms with Crippen molar-refractivity contribution in [1.29, 1.82) is 0 Å². The molecule has 0 saturated heterocycles. The number of anilines is 1. The van der Waals surface area contributed by atoms with Gasteiger partial charge in [0.15, 0.2) is 0 Å². The molecule has 0 spiro atoms. The molecule has 1 aliphatic rings. The molecule has 0 aliphatic heterocycles. The van der Waals surface area contributed by atoms with E-state index in [-0.39, 0.29) is 5.91 Å². The van der Waals surface area contributed by atoms with Crippen molar-refractivity contribution < 1.29 is 4.79 Å². The Balaban J connectivity index is 1.85. The number of hydrogen-bond donors (Lipinski definition) is 2. The van der Waals surface area contributed by atoms with Crippen LogP contribution < -0.4 is 11.1 Å². The fourth-order valence-corrected chi connectivity index (χ4v) is 3.05.